The molecule has 0 saturated carbocycles. The van der Waals surface area contributed by atoms with Crippen LogP contribution in [0.2, 0.25) is 0 Å². The second-order valence-electron chi connectivity index (χ2n) is 5.30. The summed E-state index contributed by atoms with van der Waals surface area (Å²) >= 11 is 0. The van der Waals surface area contributed by atoms with Gasteiger partial charge in [0.2, 0.25) is 5.95 Å². The molecule has 2 N–H and O–H groups in total. The normalized spacial score (nSPS) is 11.3. The molecule has 2 aromatic rings. The summed E-state index contributed by atoms with van der Waals surface area (Å²) < 4.78 is 30.2. The first kappa shape index (κ1) is 17.2. The first-order chi connectivity index (χ1) is 10.7. The monoisotopic (exact) mass is 336 g/mol. The zero-order chi connectivity index (χ0) is 17.2. The van der Waals surface area contributed by atoms with E-state index in [4.69, 9.17) is 4.74 Å². The van der Waals surface area contributed by atoms with E-state index < -0.39 is 10.0 Å². The van der Waals surface area contributed by atoms with E-state index in [0.717, 1.165) is 11.4 Å². The summed E-state index contributed by atoms with van der Waals surface area (Å²) in [7, 11) is -2.23. The van der Waals surface area contributed by atoms with Crippen LogP contribution in [0.1, 0.15) is 22.5 Å². The lowest BCUT2D eigenvalue weighted by Gasteiger charge is -2.14. The molecule has 1 aromatic carbocycles. The van der Waals surface area contributed by atoms with Crippen molar-refractivity contribution >= 4 is 16.0 Å². The molecular weight excluding hydrogens is 316 g/mol. The van der Waals surface area contributed by atoms with E-state index in [0.29, 0.717) is 16.9 Å². The van der Waals surface area contributed by atoms with E-state index in [1.807, 2.05) is 13.8 Å². The predicted octanol–water partition coefficient (Wildman–Crippen LogP) is 2.02. The number of rotatable bonds is 5. The number of hydrazine groups is 1. The SMILES string of the molecule is COc1cc(C)c(S(=O)(=O)NNc2nc(C)cc(C)n2)c(C)c1. The number of ether oxygens (including phenoxy) is 1. The fraction of sp³-hybridized carbons (Fsp3) is 0.333. The van der Waals surface area contributed by atoms with Crippen LogP contribution in [0.25, 0.3) is 0 Å². The molecule has 1 aromatic heterocycles. The van der Waals surface area contributed by atoms with Crippen LogP contribution < -0.4 is 15.0 Å². The predicted molar refractivity (Wildman–Crippen MR) is 87.9 cm³/mol. The van der Waals surface area contributed by atoms with E-state index >= 15 is 0 Å². The summed E-state index contributed by atoms with van der Waals surface area (Å²) in [5.41, 5.74) is 5.24. The molecule has 2 rings (SSSR count). The number of nitrogens with zero attached hydrogens (tertiary/aromatic N) is 2. The maximum Gasteiger partial charge on any atom is 0.257 e. The highest BCUT2D eigenvalue weighted by molar-refractivity contribution is 7.89. The quantitative estimate of drug-likeness (QED) is 0.812. The molecule has 23 heavy (non-hydrogen) atoms. The maximum atomic E-state index is 12.5. The Bertz CT molecular complexity index is 791. The molecule has 0 aliphatic carbocycles. The van der Waals surface area contributed by atoms with Gasteiger partial charge < -0.3 is 4.74 Å². The topological polar surface area (TPSA) is 93.2 Å². The first-order valence-corrected chi connectivity index (χ1v) is 8.46. The Kier molecular flexibility index (Phi) is 4.86. The smallest absolute Gasteiger partial charge is 0.257 e. The van der Waals surface area contributed by atoms with E-state index in [-0.39, 0.29) is 10.8 Å². The number of hydrogen-bond acceptors (Lipinski definition) is 6. The molecule has 8 heteroatoms. The van der Waals surface area contributed by atoms with Crippen LogP contribution in [-0.4, -0.2) is 25.5 Å². The second kappa shape index (κ2) is 6.51. The van der Waals surface area contributed by atoms with Gasteiger partial charge in [-0.1, -0.05) is 0 Å². The highest BCUT2D eigenvalue weighted by Gasteiger charge is 2.20. The van der Waals surface area contributed by atoms with Gasteiger partial charge in [0.05, 0.1) is 12.0 Å². The first-order valence-electron chi connectivity index (χ1n) is 6.98. The van der Waals surface area contributed by atoms with Crippen molar-refractivity contribution in [2.75, 3.05) is 12.5 Å². The van der Waals surface area contributed by atoms with Gasteiger partial charge in [-0.15, -0.1) is 4.83 Å². The van der Waals surface area contributed by atoms with Crippen molar-refractivity contribution in [1.82, 2.24) is 14.8 Å². The average molecular weight is 336 g/mol. The van der Waals surface area contributed by atoms with Gasteiger partial charge in [-0.05, 0) is 57.0 Å². The molecule has 0 aliphatic heterocycles. The van der Waals surface area contributed by atoms with Gasteiger partial charge in [-0.25, -0.2) is 18.4 Å². The lowest BCUT2D eigenvalue weighted by atomic mass is 10.1. The van der Waals surface area contributed by atoms with Gasteiger partial charge in [0.1, 0.15) is 5.75 Å². The molecular formula is C15H20N4O3S. The molecule has 0 unspecified atom stereocenters. The zero-order valence-electron chi connectivity index (χ0n) is 13.8. The van der Waals surface area contributed by atoms with Crippen molar-refractivity contribution in [3.8, 4) is 5.75 Å². The highest BCUT2D eigenvalue weighted by Crippen LogP contribution is 2.25. The van der Waals surface area contributed by atoms with Crippen LogP contribution >= 0.6 is 0 Å². The van der Waals surface area contributed by atoms with Crippen molar-refractivity contribution in [3.63, 3.8) is 0 Å². The fourth-order valence-corrected chi connectivity index (χ4v) is 3.69. The highest BCUT2D eigenvalue weighted by atomic mass is 32.2. The van der Waals surface area contributed by atoms with Crippen LogP contribution in [0, 0.1) is 27.7 Å². The minimum atomic E-state index is -3.77. The zero-order valence-corrected chi connectivity index (χ0v) is 14.6. The van der Waals surface area contributed by atoms with Crippen LogP contribution in [0.5, 0.6) is 5.75 Å². The third kappa shape index (κ3) is 3.96. The minimum Gasteiger partial charge on any atom is -0.497 e. The Hall–Kier alpha value is -2.19. The number of sulfonamides is 1. The number of benzene rings is 1. The minimum absolute atomic E-state index is 0.204. The molecule has 0 aliphatic rings. The fourth-order valence-electron chi connectivity index (χ4n) is 2.40. The largest absolute Gasteiger partial charge is 0.497 e. The summed E-state index contributed by atoms with van der Waals surface area (Å²) in [6.07, 6.45) is 0. The number of aryl methyl sites for hydroxylation is 4. The van der Waals surface area contributed by atoms with Crippen molar-refractivity contribution in [3.05, 3.63) is 40.7 Å². The third-order valence-electron chi connectivity index (χ3n) is 3.22. The van der Waals surface area contributed by atoms with Crippen molar-refractivity contribution in [2.45, 2.75) is 32.6 Å². The van der Waals surface area contributed by atoms with Gasteiger partial charge in [-0.2, -0.15) is 0 Å². The number of nitrogens with one attached hydrogen (secondary N) is 2. The summed E-state index contributed by atoms with van der Waals surface area (Å²) in [5, 5.41) is 0. The van der Waals surface area contributed by atoms with Gasteiger partial charge >= 0.3 is 0 Å². The number of anilines is 1. The molecule has 0 spiro atoms. The molecule has 0 amide bonds. The summed E-state index contributed by atoms with van der Waals surface area (Å²) in [6.45, 7) is 7.06. The molecule has 0 bridgehead atoms. The Morgan fingerprint density at radius 1 is 0.957 bits per heavy atom. The Labute approximate surface area is 136 Å². The Balaban J connectivity index is 2.29. The van der Waals surface area contributed by atoms with Gasteiger partial charge in [0.25, 0.3) is 10.0 Å². The van der Waals surface area contributed by atoms with Crippen molar-refractivity contribution < 1.29 is 13.2 Å². The van der Waals surface area contributed by atoms with Gasteiger partial charge in [-0.3, -0.25) is 5.43 Å². The van der Waals surface area contributed by atoms with Crippen LogP contribution in [0.15, 0.2) is 23.1 Å². The lowest BCUT2D eigenvalue weighted by molar-refractivity contribution is 0.413. The van der Waals surface area contributed by atoms with Crippen LogP contribution in [0.4, 0.5) is 5.95 Å². The molecule has 7 nitrogen and oxygen atoms in total. The van der Waals surface area contributed by atoms with Crippen molar-refractivity contribution in [2.24, 2.45) is 0 Å². The van der Waals surface area contributed by atoms with E-state index in [1.54, 1.807) is 39.2 Å². The van der Waals surface area contributed by atoms with Gasteiger partial charge in [0, 0.05) is 11.4 Å². The second-order valence-corrected chi connectivity index (χ2v) is 6.91. The van der Waals surface area contributed by atoms with E-state index in [1.165, 1.54) is 0 Å². The Morgan fingerprint density at radius 2 is 1.48 bits per heavy atom. The third-order valence-corrected chi connectivity index (χ3v) is 4.77. The molecule has 0 atom stereocenters. The average Bonchev–Trinajstić information content (AvgIpc) is 2.43. The Morgan fingerprint density at radius 3 is 1.96 bits per heavy atom. The molecule has 124 valence electrons. The molecule has 1 heterocycles. The molecule has 0 radical (unpaired) electrons. The van der Waals surface area contributed by atoms with Gasteiger partial charge in [0.15, 0.2) is 0 Å². The van der Waals surface area contributed by atoms with Crippen LogP contribution in [0.3, 0.4) is 0 Å². The van der Waals surface area contributed by atoms with E-state index in [2.05, 4.69) is 20.2 Å². The number of methoxy groups -OCH3 is 1. The van der Waals surface area contributed by atoms with Crippen molar-refractivity contribution in [1.29, 1.82) is 0 Å². The maximum absolute atomic E-state index is 12.5. The molecule has 0 saturated heterocycles. The standard InChI is InChI=1S/C15H20N4O3S/c1-9-6-13(22-5)7-10(2)14(9)23(20,21)19-18-15-16-11(3)8-12(4)17-15/h6-8,19H,1-5H3,(H,16,17,18). The lowest BCUT2D eigenvalue weighted by Crippen LogP contribution is -2.31. The van der Waals surface area contributed by atoms with Crippen LogP contribution in [-0.2, 0) is 10.0 Å². The molecule has 0 fully saturated rings. The van der Waals surface area contributed by atoms with E-state index in [9.17, 15) is 8.42 Å². The number of hydrogen-bond donors (Lipinski definition) is 2. The summed E-state index contributed by atoms with van der Waals surface area (Å²) in [5.74, 6) is 0.819. The number of aromatic nitrogens is 2. The summed E-state index contributed by atoms with van der Waals surface area (Å²) in [4.78, 5) is 10.8. The summed E-state index contributed by atoms with van der Waals surface area (Å²) in [6, 6.07) is 5.15.